The van der Waals surface area contributed by atoms with Crippen LogP contribution in [0.15, 0.2) is 30.3 Å². The van der Waals surface area contributed by atoms with Crippen LogP contribution >= 0.6 is 0 Å². The summed E-state index contributed by atoms with van der Waals surface area (Å²) in [5.74, 6) is 0.649. The van der Waals surface area contributed by atoms with Crippen molar-refractivity contribution in [2.45, 2.75) is 30.7 Å². The molecule has 1 aliphatic heterocycles. The zero-order valence-corrected chi connectivity index (χ0v) is 10.5. The van der Waals surface area contributed by atoms with Gasteiger partial charge in [-0.2, -0.15) is 0 Å². The Kier molecular flexibility index (Phi) is 4.73. The molecule has 3 unspecified atom stereocenters. The van der Waals surface area contributed by atoms with Crippen LogP contribution in [0, 0.1) is 0 Å². The van der Waals surface area contributed by atoms with E-state index in [4.69, 9.17) is 14.2 Å². The molecule has 106 valence electrons. The van der Waals surface area contributed by atoms with Gasteiger partial charge in [-0.25, -0.2) is 0 Å². The van der Waals surface area contributed by atoms with Crippen LogP contribution < -0.4 is 4.74 Å². The number of benzene rings is 1. The molecule has 3 N–H and O–H groups in total. The van der Waals surface area contributed by atoms with Crippen molar-refractivity contribution in [1.29, 1.82) is 0 Å². The first-order chi connectivity index (χ1) is 9.13. The molecular weight excluding hydrogens is 252 g/mol. The molecule has 2 rings (SSSR count). The summed E-state index contributed by atoms with van der Waals surface area (Å²) >= 11 is 0. The van der Waals surface area contributed by atoms with E-state index in [1.807, 2.05) is 18.2 Å². The highest BCUT2D eigenvalue weighted by Gasteiger charge is 2.44. The molecule has 0 saturated carbocycles. The molecule has 1 heterocycles. The highest BCUT2D eigenvalue weighted by Crippen LogP contribution is 2.23. The first-order valence-corrected chi connectivity index (χ1v) is 6.04. The molecule has 0 bridgehead atoms. The van der Waals surface area contributed by atoms with Gasteiger partial charge in [0, 0.05) is 7.11 Å². The molecule has 1 aromatic rings. The van der Waals surface area contributed by atoms with Gasteiger partial charge in [-0.05, 0) is 12.1 Å². The number of hydrogen-bond donors (Lipinski definition) is 3. The average molecular weight is 270 g/mol. The van der Waals surface area contributed by atoms with E-state index in [1.165, 1.54) is 7.11 Å². The summed E-state index contributed by atoms with van der Waals surface area (Å²) in [7, 11) is 1.40. The maximum absolute atomic E-state index is 9.80. The second kappa shape index (κ2) is 6.31. The van der Waals surface area contributed by atoms with Crippen molar-refractivity contribution >= 4 is 0 Å². The summed E-state index contributed by atoms with van der Waals surface area (Å²) in [4.78, 5) is 0. The summed E-state index contributed by atoms with van der Waals surface area (Å²) in [6.07, 6.45) is -5.50. The topological polar surface area (TPSA) is 88.4 Å². The number of para-hydroxylation sites is 1. The van der Waals surface area contributed by atoms with Crippen LogP contribution in [0.3, 0.4) is 0 Å². The SMILES string of the molecule is CO[C@@H]1C(COc2ccccc2)O[C@H](O)C(O)C1O. The Bertz CT molecular complexity index is 384. The number of hydrogen-bond acceptors (Lipinski definition) is 6. The minimum atomic E-state index is -1.45. The molecule has 0 aliphatic carbocycles. The van der Waals surface area contributed by atoms with E-state index in [-0.39, 0.29) is 6.61 Å². The summed E-state index contributed by atoms with van der Waals surface area (Å²) in [6.45, 7) is 0.101. The molecule has 19 heavy (non-hydrogen) atoms. The van der Waals surface area contributed by atoms with Crippen LogP contribution in [0.1, 0.15) is 0 Å². The molecular formula is C13H18O6. The van der Waals surface area contributed by atoms with E-state index in [0.29, 0.717) is 5.75 Å². The smallest absolute Gasteiger partial charge is 0.184 e. The number of methoxy groups -OCH3 is 1. The minimum absolute atomic E-state index is 0.101. The quantitative estimate of drug-likeness (QED) is 0.685. The lowest BCUT2D eigenvalue weighted by Gasteiger charge is -2.39. The van der Waals surface area contributed by atoms with Gasteiger partial charge < -0.3 is 29.5 Å². The third kappa shape index (κ3) is 3.23. The Morgan fingerprint density at radius 1 is 1.11 bits per heavy atom. The highest BCUT2D eigenvalue weighted by atomic mass is 16.7. The molecule has 1 saturated heterocycles. The van der Waals surface area contributed by atoms with Crippen molar-refractivity contribution in [1.82, 2.24) is 0 Å². The molecule has 5 atom stereocenters. The van der Waals surface area contributed by atoms with E-state index in [1.54, 1.807) is 12.1 Å². The standard InChI is InChI=1S/C13H18O6/c1-17-12-9(19-13(16)11(15)10(12)14)7-18-8-5-3-2-4-6-8/h2-6,9-16H,7H2,1H3/t9?,10?,11?,12-,13+/m1/s1. The first-order valence-electron chi connectivity index (χ1n) is 6.04. The van der Waals surface area contributed by atoms with Gasteiger partial charge in [0.1, 0.15) is 36.8 Å². The lowest BCUT2D eigenvalue weighted by Crippen LogP contribution is -2.59. The van der Waals surface area contributed by atoms with Crippen LogP contribution in [0.4, 0.5) is 0 Å². The third-order valence-corrected chi connectivity index (χ3v) is 3.09. The Balaban J connectivity index is 1.98. The predicted molar refractivity (Wildman–Crippen MR) is 65.6 cm³/mol. The summed E-state index contributed by atoms with van der Waals surface area (Å²) in [6, 6.07) is 9.10. The van der Waals surface area contributed by atoms with Crippen molar-refractivity contribution in [3.63, 3.8) is 0 Å². The van der Waals surface area contributed by atoms with Crippen molar-refractivity contribution < 1.29 is 29.5 Å². The molecule has 1 aliphatic rings. The number of rotatable bonds is 4. The van der Waals surface area contributed by atoms with E-state index in [9.17, 15) is 15.3 Å². The Labute approximate surface area is 111 Å². The molecule has 0 amide bonds. The number of ether oxygens (including phenoxy) is 3. The molecule has 6 heteroatoms. The second-order valence-corrected chi connectivity index (χ2v) is 4.37. The van der Waals surface area contributed by atoms with Gasteiger partial charge in [0.05, 0.1) is 0 Å². The van der Waals surface area contributed by atoms with Crippen LogP contribution in [0.2, 0.25) is 0 Å². The third-order valence-electron chi connectivity index (χ3n) is 3.09. The van der Waals surface area contributed by atoms with Gasteiger partial charge >= 0.3 is 0 Å². The lowest BCUT2D eigenvalue weighted by atomic mass is 9.99. The Morgan fingerprint density at radius 3 is 2.42 bits per heavy atom. The molecule has 1 fully saturated rings. The van der Waals surface area contributed by atoms with E-state index in [0.717, 1.165) is 0 Å². The summed E-state index contributed by atoms with van der Waals surface area (Å²) in [5, 5.41) is 28.8. The molecule has 0 aromatic heterocycles. The van der Waals surface area contributed by atoms with Crippen LogP contribution in [0.5, 0.6) is 5.75 Å². The van der Waals surface area contributed by atoms with E-state index >= 15 is 0 Å². The predicted octanol–water partition coefficient (Wildman–Crippen LogP) is -0.481. The fraction of sp³-hybridized carbons (Fsp3) is 0.538. The fourth-order valence-electron chi connectivity index (χ4n) is 2.04. The van der Waals surface area contributed by atoms with Gasteiger partial charge in [-0.1, -0.05) is 18.2 Å². The molecule has 0 radical (unpaired) electrons. The van der Waals surface area contributed by atoms with Gasteiger partial charge in [-0.15, -0.1) is 0 Å². The monoisotopic (exact) mass is 270 g/mol. The number of aliphatic hydroxyl groups excluding tert-OH is 3. The lowest BCUT2D eigenvalue weighted by molar-refractivity contribution is -0.289. The minimum Gasteiger partial charge on any atom is -0.491 e. The summed E-state index contributed by atoms with van der Waals surface area (Å²) < 4.78 is 15.8. The van der Waals surface area contributed by atoms with Gasteiger partial charge in [0.25, 0.3) is 0 Å². The largest absolute Gasteiger partial charge is 0.491 e. The van der Waals surface area contributed by atoms with E-state index < -0.39 is 30.7 Å². The van der Waals surface area contributed by atoms with Crippen molar-refractivity contribution in [3.8, 4) is 5.75 Å². The maximum Gasteiger partial charge on any atom is 0.184 e. The highest BCUT2D eigenvalue weighted by molar-refractivity contribution is 5.21. The van der Waals surface area contributed by atoms with Gasteiger partial charge in [0.2, 0.25) is 0 Å². The average Bonchev–Trinajstić information content (AvgIpc) is 2.44. The van der Waals surface area contributed by atoms with Crippen LogP contribution in [-0.2, 0) is 9.47 Å². The zero-order chi connectivity index (χ0) is 13.8. The zero-order valence-electron chi connectivity index (χ0n) is 10.5. The second-order valence-electron chi connectivity index (χ2n) is 4.37. The van der Waals surface area contributed by atoms with Gasteiger partial charge in [-0.3, -0.25) is 0 Å². The molecule has 1 aromatic carbocycles. The Hall–Kier alpha value is -1.18. The van der Waals surface area contributed by atoms with Crippen molar-refractivity contribution in [3.05, 3.63) is 30.3 Å². The van der Waals surface area contributed by atoms with Crippen molar-refractivity contribution in [2.24, 2.45) is 0 Å². The maximum atomic E-state index is 9.80. The normalized spacial score (nSPS) is 35.1. The van der Waals surface area contributed by atoms with Gasteiger partial charge in [0.15, 0.2) is 6.29 Å². The van der Waals surface area contributed by atoms with Crippen molar-refractivity contribution in [2.75, 3.05) is 13.7 Å². The summed E-state index contributed by atoms with van der Waals surface area (Å²) in [5.41, 5.74) is 0. The van der Waals surface area contributed by atoms with E-state index in [2.05, 4.69) is 0 Å². The fourth-order valence-corrected chi connectivity index (χ4v) is 2.04. The molecule has 6 nitrogen and oxygen atoms in total. The Morgan fingerprint density at radius 2 is 1.79 bits per heavy atom. The van der Waals surface area contributed by atoms with Crippen LogP contribution in [-0.4, -0.2) is 59.7 Å². The molecule has 0 spiro atoms. The number of aliphatic hydroxyl groups is 3. The van der Waals surface area contributed by atoms with Crippen LogP contribution in [0.25, 0.3) is 0 Å². The first kappa shape index (κ1) is 14.2.